The number of carbonyl (C=O) groups is 1. The number of anilines is 1. The van der Waals surface area contributed by atoms with E-state index >= 15 is 0 Å². The molecular formula is C16H14BrNO2. The minimum atomic E-state index is 0.0413. The number of amides is 1. The number of rotatable bonds is 3. The molecular weight excluding hydrogens is 318 g/mol. The van der Waals surface area contributed by atoms with Crippen molar-refractivity contribution in [2.45, 2.75) is 11.2 Å². The molecule has 0 bridgehead atoms. The summed E-state index contributed by atoms with van der Waals surface area (Å²) in [6, 6.07) is 14.0. The Bertz CT molecular complexity index is 669. The lowest BCUT2D eigenvalue weighted by atomic mass is 10.0. The van der Waals surface area contributed by atoms with Crippen LogP contribution >= 0.6 is 15.9 Å². The maximum Gasteiger partial charge on any atom is 0.228 e. The summed E-state index contributed by atoms with van der Waals surface area (Å²) in [7, 11) is 1.67. The van der Waals surface area contributed by atoms with Gasteiger partial charge in [0.2, 0.25) is 5.91 Å². The Hall–Kier alpha value is -1.81. The maximum atomic E-state index is 11.4. The standard InChI is InChI=1S/C16H14BrNO2/c1-20-14-5-3-2-4-12(14)16(17)10-6-7-13-11(8-10)9-15(19)18-13/h2-8,16H,9H2,1H3,(H,18,19). The molecule has 1 aliphatic rings. The average Bonchev–Trinajstić information content (AvgIpc) is 2.85. The minimum Gasteiger partial charge on any atom is -0.496 e. The van der Waals surface area contributed by atoms with Gasteiger partial charge in [-0.2, -0.15) is 0 Å². The second kappa shape index (κ2) is 5.29. The molecule has 0 fully saturated rings. The SMILES string of the molecule is COc1ccccc1C(Br)c1ccc2c(c1)CC(=O)N2. The molecule has 3 rings (SSSR count). The van der Waals surface area contributed by atoms with Gasteiger partial charge in [-0.3, -0.25) is 4.79 Å². The Morgan fingerprint density at radius 3 is 2.85 bits per heavy atom. The van der Waals surface area contributed by atoms with Gasteiger partial charge in [-0.05, 0) is 23.3 Å². The number of carbonyl (C=O) groups excluding carboxylic acids is 1. The Morgan fingerprint density at radius 2 is 2.05 bits per heavy atom. The van der Waals surface area contributed by atoms with Gasteiger partial charge in [0.25, 0.3) is 0 Å². The van der Waals surface area contributed by atoms with Crippen molar-refractivity contribution in [3.05, 3.63) is 59.2 Å². The van der Waals surface area contributed by atoms with Crippen LogP contribution in [0.2, 0.25) is 0 Å². The van der Waals surface area contributed by atoms with Crippen molar-refractivity contribution in [3.63, 3.8) is 0 Å². The molecule has 0 aliphatic carbocycles. The summed E-state index contributed by atoms with van der Waals surface area (Å²) in [4.78, 5) is 11.5. The lowest BCUT2D eigenvalue weighted by Crippen LogP contribution is -2.03. The molecule has 1 aliphatic heterocycles. The predicted molar refractivity (Wildman–Crippen MR) is 82.5 cm³/mol. The van der Waals surface area contributed by atoms with Crippen molar-refractivity contribution >= 4 is 27.5 Å². The third kappa shape index (κ3) is 2.31. The average molecular weight is 332 g/mol. The second-order valence-corrected chi connectivity index (χ2v) is 5.66. The summed E-state index contributed by atoms with van der Waals surface area (Å²) in [5.74, 6) is 0.907. The van der Waals surface area contributed by atoms with Gasteiger partial charge in [0.05, 0.1) is 18.4 Å². The van der Waals surface area contributed by atoms with E-state index in [1.54, 1.807) is 7.11 Å². The number of para-hydroxylation sites is 1. The molecule has 0 spiro atoms. The number of hydrogen-bond donors (Lipinski definition) is 1. The number of methoxy groups -OCH3 is 1. The molecule has 102 valence electrons. The van der Waals surface area contributed by atoms with Crippen LogP contribution in [-0.2, 0) is 11.2 Å². The van der Waals surface area contributed by atoms with Crippen molar-refractivity contribution in [1.29, 1.82) is 0 Å². The third-order valence-electron chi connectivity index (χ3n) is 3.46. The highest BCUT2D eigenvalue weighted by Gasteiger charge is 2.21. The molecule has 0 radical (unpaired) electrons. The zero-order valence-electron chi connectivity index (χ0n) is 11.0. The van der Waals surface area contributed by atoms with Crippen LogP contribution in [0.15, 0.2) is 42.5 Å². The number of fused-ring (bicyclic) bond motifs is 1. The fourth-order valence-electron chi connectivity index (χ4n) is 2.46. The monoisotopic (exact) mass is 331 g/mol. The normalized spacial score (nSPS) is 14.6. The molecule has 2 aromatic carbocycles. The van der Waals surface area contributed by atoms with E-state index in [1.165, 1.54) is 0 Å². The number of ether oxygens (including phenoxy) is 1. The molecule has 0 saturated carbocycles. The summed E-state index contributed by atoms with van der Waals surface area (Å²) in [6.07, 6.45) is 0.453. The fraction of sp³-hybridized carbons (Fsp3) is 0.188. The summed E-state index contributed by atoms with van der Waals surface area (Å²) in [6.45, 7) is 0. The van der Waals surface area contributed by atoms with Crippen LogP contribution < -0.4 is 10.1 Å². The van der Waals surface area contributed by atoms with E-state index in [1.807, 2.05) is 36.4 Å². The van der Waals surface area contributed by atoms with Gasteiger partial charge in [0, 0.05) is 11.3 Å². The maximum absolute atomic E-state index is 11.4. The first kappa shape index (κ1) is 13.2. The van der Waals surface area contributed by atoms with Crippen LogP contribution in [0.4, 0.5) is 5.69 Å². The topological polar surface area (TPSA) is 38.3 Å². The van der Waals surface area contributed by atoms with Crippen LogP contribution in [0.25, 0.3) is 0 Å². The molecule has 20 heavy (non-hydrogen) atoms. The Balaban J connectivity index is 1.97. The van der Waals surface area contributed by atoms with E-state index in [0.717, 1.165) is 28.1 Å². The smallest absolute Gasteiger partial charge is 0.228 e. The number of hydrogen-bond acceptors (Lipinski definition) is 2. The molecule has 3 nitrogen and oxygen atoms in total. The largest absolute Gasteiger partial charge is 0.496 e. The van der Waals surface area contributed by atoms with Crippen molar-refractivity contribution in [2.24, 2.45) is 0 Å². The third-order valence-corrected chi connectivity index (χ3v) is 4.48. The molecule has 2 aromatic rings. The fourth-order valence-corrected chi connectivity index (χ4v) is 3.13. The molecule has 1 N–H and O–H groups in total. The lowest BCUT2D eigenvalue weighted by molar-refractivity contribution is -0.115. The highest BCUT2D eigenvalue weighted by Crippen LogP contribution is 2.38. The minimum absolute atomic E-state index is 0.0413. The van der Waals surface area contributed by atoms with Crippen molar-refractivity contribution in [3.8, 4) is 5.75 Å². The molecule has 4 heteroatoms. The molecule has 0 aromatic heterocycles. The first-order chi connectivity index (χ1) is 9.69. The molecule has 1 atom stereocenters. The number of nitrogens with one attached hydrogen (secondary N) is 1. The number of halogens is 1. The van der Waals surface area contributed by atoms with Gasteiger partial charge in [0.1, 0.15) is 5.75 Å². The first-order valence-electron chi connectivity index (χ1n) is 6.38. The van der Waals surface area contributed by atoms with Crippen LogP contribution in [0.3, 0.4) is 0 Å². The van der Waals surface area contributed by atoms with Crippen molar-refractivity contribution in [2.75, 3.05) is 12.4 Å². The second-order valence-electron chi connectivity index (χ2n) is 4.75. The first-order valence-corrected chi connectivity index (χ1v) is 7.30. The molecule has 0 saturated heterocycles. The summed E-state index contributed by atoms with van der Waals surface area (Å²) in [5, 5.41) is 2.85. The van der Waals surface area contributed by atoms with Crippen LogP contribution in [0, 0.1) is 0 Å². The Labute approximate surface area is 126 Å². The van der Waals surface area contributed by atoms with Crippen LogP contribution in [0.5, 0.6) is 5.75 Å². The van der Waals surface area contributed by atoms with E-state index < -0.39 is 0 Å². The van der Waals surface area contributed by atoms with E-state index in [4.69, 9.17) is 4.74 Å². The van der Waals surface area contributed by atoms with E-state index in [9.17, 15) is 4.79 Å². The molecule has 1 heterocycles. The summed E-state index contributed by atoms with van der Waals surface area (Å²) < 4.78 is 5.40. The highest BCUT2D eigenvalue weighted by atomic mass is 79.9. The van der Waals surface area contributed by atoms with E-state index in [-0.39, 0.29) is 10.7 Å². The molecule has 1 amide bonds. The molecule has 1 unspecified atom stereocenters. The quantitative estimate of drug-likeness (QED) is 0.871. The van der Waals surface area contributed by atoms with Gasteiger partial charge in [-0.25, -0.2) is 0 Å². The van der Waals surface area contributed by atoms with Crippen LogP contribution in [0.1, 0.15) is 21.5 Å². The summed E-state index contributed by atoms with van der Waals surface area (Å²) >= 11 is 3.72. The zero-order chi connectivity index (χ0) is 14.1. The van der Waals surface area contributed by atoms with E-state index in [2.05, 4.69) is 27.3 Å². The van der Waals surface area contributed by atoms with Crippen LogP contribution in [-0.4, -0.2) is 13.0 Å². The van der Waals surface area contributed by atoms with Crippen molar-refractivity contribution in [1.82, 2.24) is 0 Å². The van der Waals surface area contributed by atoms with Gasteiger partial charge in [-0.1, -0.05) is 46.3 Å². The number of benzene rings is 2. The Kier molecular flexibility index (Phi) is 3.49. The van der Waals surface area contributed by atoms with Gasteiger partial charge in [-0.15, -0.1) is 0 Å². The van der Waals surface area contributed by atoms with E-state index in [0.29, 0.717) is 6.42 Å². The zero-order valence-corrected chi connectivity index (χ0v) is 12.6. The van der Waals surface area contributed by atoms with Gasteiger partial charge < -0.3 is 10.1 Å². The summed E-state index contributed by atoms with van der Waals surface area (Å²) in [5.41, 5.74) is 4.15. The predicted octanol–water partition coefficient (Wildman–Crippen LogP) is 3.67. The lowest BCUT2D eigenvalue weighted by Gasteiger charge is -2.15. The number of alkyl halides is 1. The van der Waals surface area contributed by atoms with Gasteiger partial charge in [0.15, 0.2) is 0 Å². The highest BCUT2D eigenvalue weighted by molar-refractivity contribution is 9.09. The Morgan fingerprint density at radius 1 is 1.25 bits per heavy atom. The van der Waals surface area contributed by atoms with Gasteiger partial charge >= 0.3 is 0 Å². The van der Waals surface area contributed by atoms with Crippen molar-refractivity contribution < 1.29 is 9.53 Å².